The molecule has 1 atom stereocenters. The van der Waals surface area contributed by atoms with Gasteiger partial charge in [0.1, 0.15) is 15.4 Å². The Bertz CT molecular complexity index is 1370. The molecule has 1 N–H and O–H groups in total. The van der Waals surface area contributed by atoms with Crippen LogP contribution >= 0.6 is 11.3 Å². The van der Waals surface area contributed by atoms with Gasteiger partial charge in [-0.25, -0.2) is 19.5 Å². The third kappa shape index (κ3) is 5.76. The van der Waals surface area contributed by atoms with Gasteiger partial charge in [-0.1, -0.05) is 11.3 Å². The van der Waals surface area contributed by atoms with Gasteiger partial charge in [-0.2, -0.15) is 0 Å². The lowest BCUT2D eigenvalue weighted by Crippen LogP contribution is -2.59. The van der Waals surface area contributed by atoms with Crippen molar-refractivity contribution in [3.63, 3.8) is 0 Å². The summed E-state index contributed by atoms with van der Waals surface area (Å²) in [5.74, 6) is -0.417. The highest BCUT2D eigenvalue weighted by atomic mass is 32.1. The van der Waals surface area contributed by atoms with E-state index in [4.69, 9.17) is 9.47 Å². The topological polar surface area (TPSA) is 121 Å². The molecule has 0 aromatic carbocycles. The van der Waals surface area contributed by atoms with Crippen LogP contribution < -0.4 is 5.32 Å². The van der Waals surface area contributed by atoms with Gasteiger partial charge in [-0.15, -0.1) is 0 Å². The van der Waals surface area contributed by atoms with E-state index in [-0.39, 0.29) is 17.9 Å². The van der Waals surface area contributed by atoms with E-state index in [0.29, 0.717) is 46.8 Å². The number of nitrogens with one attached hydrogen (secondary N) is 1. The zero-order chi connectivity index (χ0) is 29.7. The van der Waals surface area contributed by atoms with Crippen molar-refractivity contribution in [1.82, 2.24) is 19.7 Å². The number of imide groups is 1. The van der Waals surface area contributed by atoms with E-state index in [2.05, 4.69) is 15.2 Å². The Morgan fingerprint density at radius 3 is 2.46 bits per heavy atom. The number of aromatic nitrogens is 1. The van der Waals surface area contributed by atoms with Crippen LogP contribution in [0.1, 0.15) is 77.6 Å². The Hall–Kier alpha value is -3.25. The number of piperidine rings is 2. The van der Waals surface area contributed by atoms with Gasteiger partial charge in [0.25, 0.3) is 11.8 Å². The molecule has 12 heteroatoms. The quantitative estimate of drug-likeness (QED) is 0.542. The molecule has 3 aliphatic rings. The number of rotatable bonds is 3. The monoisotopic (exact) mass is 585 g/mol. The van der Waals surface area contributed by atoms with Crippen LogP contribution in [0.5, 0.6) is 0 Å². The molecular formula is C29H39N5O6S. The Morgan fingerprint density at radius 2 is 1.83 bits per heavy atom. The zero-order valence-corrected chi connectivity index (χ0v) is 25.4. The van der Waals surface area contributed by atoms with Crippen molar-refractivity contribution in [1.29, 1.82) is 0 Å². The molecule has 1 spiro atoms. The minimum atomic E-state index is -1.14. The lowest BCUT2D eigenvalue weighted by atomic mass is 9.88. The summed E-state index contributed by atoms with van der Waals surface area (Å²) in [6, 6.07) is 3.78. The first-order valence-electron chi connectivity index (χ1n) is 14.2. The van der Waals surface area contributed by atoms with Gasteiger partial charge in [-0.3, -0.25) is 19.8 Å². The molecule has 2 aromatic heterocycles. The number of likely N-dealkylation sites (tertiary alicyclic amines) is 2. The standard InChI is InChI=1S/C29H39N5O6S/c1-27(2,3)34-24(36)29(40-26(34)38)12-8-14-33(17-29)18-10-15-32(16-11-18)23(35)20-19-9-7-13-30-21(19)41-22(20)31-25(37)39-28(4,5)6/h7,9,13,18H,8,10-12,14-17H2,1-6H3,(H,31,37). The van der Waals surface area contributed by atoms with Crippen molar-refractivity contribution >= 4 is 50.6 Å². The lowest BCUT2D eigenvalue weighted by Gasteiger charge is -2.44. The molecule has 0 saturated carbocycles. The molecule has 1 unspecified atom stereocenters. The molecule has 3 aliphatic heterocycles. The summed E-state index contributed by atoms with van der Waals surface area (Å²) in [5.41, 5.74) is -2.04. The number of hydrogen-bond donors (Lipinski definition) is 1. The predicted molar refractivity (Wildman–Crippen MR) is 155 cm³/mol. The molecule has 3 fully saturated rings. The lowest BCUT2D eigenvalue weighted by molar-refractivity contribution is -0.144. The minimum Gasteiger partial charge on any atom is -0.444 e. The fourth-order valence-electron chi connectivity index (χ4n) is 5.97. The molecule has 0 bridgehead atoms. The summed E-state index contributed by atoms with van der Waals surface area (Å²) < 4.78 is 11.2. The highest BCUT2D eigenvalue weighted by molar-refractivity contribution is 7.23. The number of fused-ring (bicyclic) bond motifs is 1. The van der Waals surface area contributed by atoms with Crippen LogP contribution in [-0.4, -0.2) is 92.6 Å². The van der Waals surface area contributed by atoms with E-state index >= 15 is 0 Å². The van der Waals surface area contributed by atoms with Crippen LogP contribution in [0.4, 0.5) is 14.6 Å². The highest BCUT2D eigenvalue weighted by Crippen LogP contribution is 2.39. The van der Waals surface area contributed by atoms with Crippen molar-refractivity contribution in [3.05, 3.63) is 23.9 Å². The molecule has 5 rings (SSSR count). The Labute approximate surface area is 244 Å². The van der Waals surface area contributed by atoms with E-state index in [1.54, 1.807) is 33.0 Å². The first-order chi connectivity index (χ1) is 19.2. The average Bonchev–Trinajstić information content (AvgIpc) is 3.35. The van der Waals surface area contributed by atoms with Crippen molar-refractivity contribution in [2.45, 2.75) is 90.0 Å². The SMILES string of the molecule is CC(C)(C)OC(=O)Nc1sc2ncccc2c1C(=O)N1CCC(N2CCCC3(C2)OC(=O)N(C(C)(C)C)C3=O)CC1. The van der Waals surface area contributed by atoms with Gasteiger partial charge < -0.3 is 14.4 Å². The van der Waals surface area contributed by atoms with E-state index in [0.717, 1.165) is 25.8 Å². The number of carbonyl (C=O) groups is 4. The number of amides is 4. The average molecular weight is 586 g/mol. The number of ether oxygens (including phenoxy) is 2. The molecule has 41 heavy (non-hydrogen) atoms. The second kappa shape index (κ2) is 10.5. The number of anilines is 1. The second-order valence-electron chi connectivity index (χ2n) is 13.1. The van der Waals surface area contributed by atoms with Gasteiger partial charge in [0.2, 0.25) is 5.60 Å². The van der Waals surface area contributed by atoms with Crippen LogP contribution in [0.15, 0.2) is 18.3 Å². The molecule has 3 saturated heterocycles. The summed E-state index contributed by atoms with van der Waals surface area (Å²) >= 11 is 1.25. The summed E-state index contributed by atoms with van der Waals surface area (Å²) in [7, 11) is 0. The summed E-state index contributed by atoms with van der Waals surface area (Å²) in [6.45, 7) is 13.1. The Balaban J connectivity index is 1.28. The van der Waals surface area contributed by atoms with E-state index < -0.39 is 28.9 Å². The van der Waals surface area contributed by atoms with Gasteiger partial charge in [0.05, 0.1) is 5.56 Å². The molecule has 2 aromatic rings. The Kier molecular flexibility index (Phi) is 7.52. The van der Waals surface area contributed by atoms with Crippen LogP contribution in [0.2, 0.25) is 0 Å². The first-order valence-corrected chi connectivity index (χ1v) is 15.0. The fourth-order valence-corrected chi connectivity index (χ4v) is 6.99. The van der Waals surface area contributed by atoms with Crippen LogP contribution in [0, 0.1) is 0 Å². The van der Waals surface area contributed by atoms with E-state index in [1.807, 2.05) is 31.7 Å². The van der Waals surface area contributed by atoms with Gasteiger partial charge >= 0.3 is 12.2 Å². The number of hydrogen-bond acceptors (Lipinski definition) is 9. The van der Waals surface area contributed by atoms with Crippen molar-refractivity contribution in [2.24, 2.45) is 0 Å². The Morgan fingerprint density at radius 1 is 1.12 bits per heavy atom. The van der Waals surface area contributed by atoms with Crippen LogP contribution in [0.3, 0.4) is 0 Å². The third-order valence-corrected chi connectivity index (χ3v) is 8.81. The molecule has 0 aliphatic carbocycles. The fraction of sp³-hybridized carbons (Fsp3) is 0.621. The maximum atomic E-state index is 13.8. The van der Waals surface area contributed by atoms with Crippen molar-refractivity contribution in [2.75, 3.05) is 31.5 Å². The van der Waals surface area contributed by atoms with Crippen LogP contribution in [0.25, 0.3) is 10.2 Å². The predicted octanol–water partition coefficient (Wildman–Crippen LogP) is 4.86. The largest absolute Gasteiger partial charge is 0.444 e. The van der Waals surface area contributed by atoms with Gasteiger partial charge in [-0.05, 0) is 85.9 Å². The van der Waals surface area contributed by atoms with Crippen LogP contribution in [-0.2, 0) is 14.3 Å². The summed E-state index contributed by atoms with van der Waals surface area (Å²) in [6.07, 6.45) is 3.19. The van der Waals surface area contributed by atoms with E-state index in [1.165, 1.54) is 16.2 Å². The second-order valence-corrected chi connectivity index (χ2v) is 14.1. The summed E-state index contributed by atoms with van der Waals surface area (Å²) in [4.78, 5) is 62.8. The third-order valence-electron chi connectivity index (χ3n) is 7.78. The number of nitrogens with zero attached hydrogens (tertiary/aromatic N) is 4. The van der Waals surface area contributed by atoms with Gasteiger partial charge in [0, 0.05) is 42.8 Å². The van der Waals surface area contributed by atoms with Crippen molar-refractivity contribution < 1.29 is 28.7 Å². The number of pyridine rings is 1. The van der Waals surface area contributed by atoms with E-state index in [9.17, 15) is 19.2 Å². The molecule has 4 amide bonds. The minimum absolute atomic E-state index is 0.159. The molecule has 0 radical (unpaired) electrons. The number of carbonyl (C=O) groups excluding carboxylic acids is 4. The molecule has 5 heterocycles. The highest BCUT2D eigenvalue weighted by Gasteiger charge is 2.58. The maximum Gasteiger partial charge on any atom is 0.418 e. The first kappa shape index (κ1) is 29.2. The molecule has 11 nitrogen and oxygen atoms in total. The summed E-state index contributed by atoms with van der Waals surface area (Å²) in [5, 5.41) is 3.88. The van der Waals surface area contributed by atoms with Gasteiger partial charge in [0.15, 0.2) is 0 Å². The smallest absolute Gasteiger partial charge is 0.418 e. The maximum absolute atomic E-state index is 13.8. The number of thiophene rings is 1. The molecular weight excluding hydrogens is 546 g/mol. The normalized spacial score (nSPS) is 22.9. The van der Waals surface area contributed by atoms with Crippen molar-refractivity contribution in [3.8, 4) is 0 Å². The zero-order valence-electron chi connectivity index (χ0n) is 24.6. The molecule has 222 valence electrons.